The van der Waals surface area contributed by atoms with Gasteiger partial charge in [-0.2, -0.15) is 4.31 Å². The van der Waals surface area contributed by atoms with Gasteiger partial charge in [-0.1, -0.05) is 50.1 Å². The summed E-state index contributed by atoms with van der Waals surface area (Å²) in [5.74, 6) is -0.924. The first kappa shape index (κ1) is 24.5. The molecule has 0 heterocycles. The summed E-state index contributed by atoms with van der Waals surface area (Å²) >= 11 is 0. The van der Waals surface area contributed by atoms with Crippen molar-refractivity contribution in [3.8, 4) is 0 Å². The highest BCUT2D eigenvalue weighted by atomic mass is 32.2. The van der Waals surface area contributed by atoms with Crippen molar-refractivity contribution in [1.29, 1.82) is 0 Å². The number of carbonyl (C=O) groups excluding carboxylic acids is 1. The maximum Gasteiger partial charge on any atom is 0.324 e. The number of nitro benzene ring substituents is 1. The van der Waals surface area contributed by atoms with Crippen molar-refractivity contribution in [3.05, 3.63) is 69.8 Å². The molecule has 0 spiro atoms. The van der Waals surface area contributed by atoms with E-state index in [0.717, 1.165) is 27.6 Å². The van der Waals surface area contributed by atoms with E-state index in [4.69, 9.17) is 4.74 Å². The molecule has 2 rings (SSSR count). The lowest BCUT2D eigenvalue weighted by atomic mass is 9.98. The Labute approximate surface area is 183 Å². The Morgan fingerprint density at radius 2 is 1.81 bits per heavy atom. The molecule has 0 saturated heterocycles. The Kier molecular flexibility index (Phi) is 8.29. The van der Waals surface area contributed by atoms with Gasteiger partial charge in [0.15, 0.2) is 0 Å². The molecular formula is C22H28N2O6S. The first-order valence-electron chi connectivity index (χ1n) is 10.1. The molecule has 0 aliphatic heterocycles. The summed E-state index contributed by atoms with van der Waals surface area (Å²) in [6.07, 6.45) is 0.559. The van der Waals surface area contributed by atoms with E-state index >= 15 is 0 Å². The molecule has 2 aromatic carbocycles. The molecule has 9 heteroatoms. The Bertz CT molecular complexity index is 1020. The molecule has 0 bridgehead atoms. The monoisotopic (exact) mass is 448 g/mol. The Morgan fingerprint density at radius 3 is 2.32 bits per heavy atom. The summed E-state index contributed by atoms with van der Waals surface area (Å²) in [6, 6.07) is 11.0. The normalized spacial score (nSPS) is 13.6. The minimum Gasteiger partial charge on any atom is -0.465 e. The number of hydrogen-bond acceptors (Lipinski definition) is 6. The lowest BCUT2D eigenvalue weighted by Gasteiger charge is -2.33. The fraction of sp³-hybridized carbons (Fsp3) is 0.409. The van der Waals surface area contributed by atoms with Crippen molar-refractivity contribution >= 4 is 21.7 Å². The largest absolute Gasteiger partial charge is 0.465 e. The number of ether oxygens (including phenoxy) is 1. The van der Waals surface area contributed by atoms with Gasteiger partial charge in [0.25, 0.3) is 5.69 Å². The summed E-state index contributed by atoms with van der Waals surface area (Å²) < 4.78 is 33.6. The molecule has 0 aromatic heterocycles. The molecule has 0 fully saturated rings. The van der Waals surface area contributed by atoms with Crippen LogP contribution in [-0.4, -0.2) is 36.3 Å². The first-order valence-corrected chi connectivity index (χ1v) is 11.5. The molecule has 31 heavy (non-hydrogen) atoms. The summed E-state index contributed by atoms with van der Waals surface area (Å²) in [5, 5.41) is 11.0. The van der Waals surface area contributed by atoms with Crippen molar-refractivity contribution in [2.24, 2.45) is 5.92 Å². The highest BCUT2D eigenvalue weighted by Gasteiger charge is 2.40. The van der Waals surface area contributed by atoms with Crippen LogP contribution in [0.1, 0.15) is 38.3 Å². The van der Waals surface area contributed by atoms with E-state index in [1.54, 1.807) is 19.9 Å². The van der Waals surface area contributed by atoms with Crippen molar-refractivity contribution in [2.45, 2.75) is 51.6 Å². The zero-order chi connectivity index (χ0) is 23.2. The Balaban J connectivity index is 2.60. The van der Waals surface area contributed by atoms with E-state index in [1.807, 2.05) is 32.0 Å². The number of aryl methyl sites for hydroxylation is 1. The fourth-order valence-electron chi connectivity index (χ4n) is 3.28. The fourth-order valence-corrected chi connectivity index (χ4v) is 4.95. The topological polar surface area (TPSA) is 107 Å². The van der Waals surface area contributed by atoms with Crippen molar-refractivity contribution in [2.75, 3.05) is 6.61 Å². The van der Waals surface area contributed by atoms with Gasteiger partial charge >= 0.3 is 5.97 Å². The number of benzene rings is 2. The van der Waals surface area contributed by atoms with E-state index in [1.165, 1.54) is 12.1 Å². The third-order valence-corrected chi connectivity index (χ3v) is 6.94. The SMILES string of the molecule is CCOC(=O)C(C(C)CC)N(Cc1cccc(C)c1)S(=O)(=O)c1ccc([N+](=O)[O-])cc1. The predicted octanol–water partition coefficient (Wildman–Crippen LogP) is 4.07. The predicted molar refractivity (Wildman–Crippen MR) is 117 cm³/mol. The first-order chi connectivity index (χ1) is 14.6. The van der Waals surface area contributed by atoms with Crippen LogP contribution in [0.4, 0.5) is 5.69 Å². The number of carbonyl (C=O) groups is 1. The standard InChI is InChI=1S/C22H28N2O6S/c1-5-17(4)21(22(25)30-6-2)23(15-18-9-7-8-16(3)14-18)31(28,29)20-12-10-19(11-13-20)24(26)27/h7-14,17,21H,5-6,15H2,1-4H3. The average Bonchev–Trinajstić information content (AvgIpc) is 2.73. The van der Waals surface area contributed by atoms with Crippen LogP contribution in [0.15, 0.2) is 53.4 Å². The van der Waals surface area contributed by atoms with Gasteiger partial charge in [0.05, 0.1) is 16.4 Å². The highest BCUT2D eigenvalue weighted by molar-refractivity contribution is 7.89. The molecule has 2 atom stereocenters. The van der Waals surface area contributed by atoms with Crippen LogP contribution in [0.25, 0.3) is 0 Å². The molecule has 0 N–H and O–H groups in total. The number of non-ortho nitro benzene ring substituents is 1. The summed E-state index contributed by atoms with van der Waals surface area (Å²) in [7, 11) is -4.16. The third-order valence-electron chi connectivity index (χ3n) is 5.10. The number of sulfonamides is 1. The van der Waals surface area contributed by atoms with E-state index in [9.17, 15) is 23.3 Å². The summed E-state index contributed by atoms with van der Waals surface area (Å²) in [4.78, 5) is 23.1. The summed E-state index contributed by atoms with van der Waals surface area (Å²) in [6.45, 7) is 7.34. The second kappa shape index (κ2) is 10.5. The molecule has 0 saturated carbocycles. The molecule has 2 aromatic rings. The highest BCUT2D eigenvalue weighted by Crippen LogP contribution is 2.28. The molecule has 168 valence electrons. The van der Waals surface area contributed by atoms with Gasteiger partial charge in [0, 0.05) is 18.7 Å². The van der Waals surface area contributed by atoms with Gasteiger partial charge < -0.3 is 4.74 Å². The lowest BCUT2D eigenvalue weighted by Crippen LogP contribution is -2.48. The van der Waals surface area contributed by atoms with Gasteiger partial charge in [-0.3, -0.25) is 14.9 Å². The minimum atomic E-state index is -4.16. The van der Waals surface area contributed by atoms with E-state index in [2.05, 4.69) is 0 Å². The van der Waals surface area contributed by atoms with Crippen molar-refractivity contribution in [3.63, 3.8) is 0 Å². The Hall–Kier alpha value is -2.78. The zero-order valence-corrected chi connectivity index (χ0v) is 19.0. The number of esters is 1. The third kappa shape index (κ3) is 5.89. The number of hydrogen-bond donors (Lipinski definition) is 0. The van der Waals surface area contributed by atoms with Gasteiger partial charge in [0.2, 0.25) is 10.0 Å². The maximum atomic E-state index is 13.6. The molecule has 0 aliphatic carbocycles. The van der Waals surface area contributed by atoms with Gasteiger partial charge in [-0.15, -0.1) is 0 Å². The number of nitro groups is 1. The van der Waals surface area contributed by atoms with E-state index < -0.39 is 27.0 Å². The van der Waals surface area contributed by atoms with Crippen molar-refractivity contribution in [1.82, 2.24) is 4.31 Å². The molecule has 0 aliphatic rings. The van der Waals surface area contributed by atoms with Crippen LogP contribution >= 0.6 is 0 Å². The van der Waals surface area contributed by atoms with E-state index in [0.29, 0.717) is 6.42 Å². The maximum absolute atomic E-state index is 13.6. The number of nitrogens with zero attached hydrogens (tertiary/aromatic N) is 2. The Morgan fingerprint density at radius 1 is 1.16 bits per heavy atom. The van der Waals surface area contributed by atoms with Crippen LogP contribution in [-0.2, 0) is 26.1 Å². The number of rotatable bonds is 10. The van der Waals surface area contributed by atoms with Gasteiger partial charge in [-0.05, 0) is 37.5 Å². The van der Waals surface area contributed by atoms with Crippen LogP contribution in [0.5, 0.6) is 0 Å². The average molecular weight is 449 g/mol. The van der Waals surface area contributed by atoms with Crippen LogP contribution in [0, 0.1) is 23.0 Å². The van der Waals surface area contributed by atoms with Gasteiger partial charge in [0.1, 0.15) is 6.04 Å². The smallest absolute Gasteiger partial charge is 0.324 e. The van der Waals surface area contributed by atoms with Gasteiger partial charge in [-0.25, -0.2) is 8.42 Å². The van der Waals surface area contributed by atoms with Crippen molar-refractivity contribution < 1.29 is 22.9 Å². The zero-order valence-electron chi connectivity index (χ0n) is 18.1. The second-order valence-electron chi connectivity index (χ2n) is 7.37. The second-order valence-corrected chi connectivity index (χ2v) is 9.26. The summed E-state index contributed by atoms with van der Waals surface area (Å²) in [5.41, 5.74) is 1.47. The minimum absolute atomic E-state index is 0.0329. The molecule has 0 radical (unpaired) electrons. The van der Waals surface area contributed by atoms with Crippen LogP contribution < -0.4 is 0 Å². The molecule has 2 unspecified atom stereocenters. The molecule has 0 amide bonds. The molecule has 8 nitrogen and oxygen atoms in total. The lowest BCUT2D eigenvalue weighted by molar-refractivity contribution is -0.384. The quantitative estimate of drug-likeness (QED) is 0.308. The molecular weight excluding hydrogens is 420 g/mol. The van der Waals surface area contributed by atoms with E-state index in [-0.39, 0.29) is 29.7 Å². The van der Waals surface area contributed by atoms with Crippen LogP contribution in [0.3, 0.4) is 0 Å². The van der Waals surface area contributed by atoms with Crippen LogP contribution in [0.2, 0.25) is 0 Å².